The van der Waals surface area contributed by atoms with E-state index < -0.39 is 12.2 Å². The Balaban J connectivity index is 3.55. The maximum Gasteiger partial charge on any atom is 0.305 e. The van der Waals surface area contributed by atoms with Crippen LogP contribution in [0.25, 0.3) is 0 Å². The van der Waals surface area contributed by atoms with E-state index in [9.17, 15) is 19.8 Å². The quantitative estimate of drug-likeness (QED) is 0.0292. The Morgan fingerprint density at radius 1 is 0.520 bits per heavy atom. The SMILES string of the molecule is CC/C=C\C(O)C/C=C/C=C\C/C=C\C/C=C\CCCC(=O)OC[C@H](O)COC(=O)CCCCCCCCCCCCCCCCCCCC. The average molecular weight is 701 g/mol. The summed E-state index contributed by atoms with van der Waals surface area (Å²) in [5, 5.41) is 19.7. The second-order valence-corrected chi connectivity index (χ2v) is 13.6. The molecule has 0 fully saturated rings. The molecule has 50 heavy (non-hydrogen) atoms. The van der Waals surface area contributed by atoms with E-state index in [1.807, 2.05) is 37.3 Å². The number of aliphatic hydroxyl groups is 2. The molecule has 0 aromatic carbocycles. The lowest BCUT2D eigenvalue weighted by Crippen LogP contribution is -2.25. The predicted molar refractivity (Wildman–Crippen MR) is 211 cm³/mol. The first-order chi connectivity index (χ1) is 24.5. The van der Waals surface area contributed by atoms with Gasteiger partial charge in [-0.15, -0.1) is 0 Å². The average Bonchev–Trinajstić information content (AvgIpc) is 3.11. The fraction of sp³-hybridized carbons (Fsp3) is 0.727. The van der Waals surface area contributed by atoms with Crippen molar-refractivity contribution in [2.45, 2.75) is 193 Å². The summed E-state index contributed by atoms with van der Waals surface area (Å²) in [6.45, 7) is 4.02. The number of hydrogen-bond donors (Lipinski definition) is 2. The Bertz CT molecular complexity index is 902. The zero-order valence-electron chi connectivity index (χ0n) is 32.3. The topological polar surface area (TPSA) is 93.1 Å². The molecule has 0 spiro atoms. The van der Waals surface area contributed by atoms with Gasteiger partial charge >= 0.3 is 11.9 Å². The maximum atomic E-state index is 12.0. The monoisotopic (exact) mass is 701 g/mol. The first-order valence-corrected chi connectivity index (χ1v) is 20.4. The minimum atomic E-state index is -0.998. The van der Waals surface area contributed by atoms with Crippen LogP contribution in [0.1, 0.15) is 181 Å². The summed E-state index contributed by atoms with van der Waals surface area (Å²) in [5.41, 5.74) is 0. The van der Waals surface area contributed by atoms with Gasteiger partial charge in [-0.2, -0.15) is 0 Å². The number of rotatable bonds is 36. The zero-order valence-corrected chi connectivity index (χ0v) is 32.3. The van der Waals surface area contributed by atoms with Crippen LogP contribution >= 0.6 is 0 Å². The lowest BCUT2D eigenvalue weighted by atomic mass is 10.0. The molecule has 0 aromatic heterocycles. The smallest absolute Gasteiger partial charge is 0.305 e. The lowest BCUT2D eigenvalue weighted by molar-refractivity contribution is -0.152. The lowest BCUT2D eigenvalue weighted by Gasteiger charge is -2.12. The van der Waals surface area contributed by atoms with E-state index >= 15 is 0 Å². The van der Waals surface area contributed by atoms with Gasteiger partial charge in [0.25, 0.3) is 0 Å². The van der Waals surface area contributed by atoms with Gasteiger partial charge in [0.15, 0.2) is 0 Å². The molecule has 0 rings (SSSR count). The highest BCUT2D eigenvalue weighted by molar-refractivity contribution is 5.69. The van der Waals surface area contributed by atoms with Crippen molar-refractivity contribution in [2.24, 2.45) is 0 Å². The van der Waals surface area contributed by atoms with Crippen LogP contribution < -0.4 is 0 Å². The van der Waals surface area contributed by atoms with E-state index in [4.69, 9.17) is 9.47 Å². The fourth-order valence-corrected chi connectivity index (χ4v) is 5.50. The van der Waals surface area contributed by atoms with Crippen molar-refractivity contribution < 1.29 is 29.3 Å². The van der Waals surface area contributed by atoms with Crippen molar-refractivity contribution in [2.75, 3.05) is 13.2 Å². The number of carbonyl (C=O) groups excluding carboxylic acids is 2. The van der Waals surface area contributed by atoms with Gasteiger partial charge in [0.05, 0.1) is 6.10 Å². The van der Waals surface area contributed by atoms with Crippen molar-refractivity contribution in [1.29, 1.82) is 0 Å². The first kappa shape index (κ1) is 47.6. The molecule has 6 heteroatoms. The van der Waals surface area contributed by atoms with Gasteiger partial charge < -0.3 is 19.7 Å². The van der Waals surface area contributed by atoms with Crippen molar-refractivity contribution in [3.05, 3.63) is 60.8 Å². The Kier molecular flexibility index (Phi) is 37.4. The van der Waals surface area contributed by atoms with Crippen LogP contribution in [0.15, 0.2) is 60.8 Å². The highest BCUT2D eigenvalue weighted by Crippen LogP contribution is 2.15. The van der Waals surface area contributed by atoms with Crippen molar-refractivity contribution in [1.82, 2.24) is 0 Å². The summed E-state index contributed by atoms with van der Waals surface area (Å²) < 4.78 is 10.3. The number of ether oxygens (including phenoxy) is 2. The molecule has 0 aliphatic carbocycles. The summed E-state index contributed by atoms with van der Waals surface area (Å²) in [5.74, 6) is -0.652. The zero-order chi connectivity index (χ0) is 36.6. The molecule has 0 bridgehead atoms. The molecule has 0 amide bonds. The summed E-state index contributed by atoms with van der Waals surface area (Å²) >= 11 is 0. The third-order valence-corrected chi connectivity index (χ3v) is 8.59. The molecule has 0 radical (unpaired) electrons. The molecule has 0 aliphatic rings. The summed E-state index contributed by atoms with van der Waals surface area (Å²) in [7, 11) is 0. The number of carbonyl (C=O) groups is 2. The molecule has 288 valence electrons. The largest absolute Gasteiger partial charge is 0.463 e. The Morgan fingerprint density at radius 2 is 0.960 bits per heavy atom. The number of allylic oxidation sites excluding steroid dienone is 8. The second-order valence-electron chi connectivity index (χ2n) is 13.6. The molecule has 0 heterocycles. The van der Waals surface area contributed by atoms with Crippen molar-refractivity contribution in [3.63, 3.8) is 0 Å². The van der Waals surface area contributed by atoms with Crippen LogP contribution in [0.5, 0.6) is 0 Å². The van der Waals surface area contributed by atoms with Crippen molar-refractivity contribution >= 4 is 11.9 Å². The third-order valence-electron chi connectivity index (χ3n) is 8.59. The summed E-state index contributed by atoms with van der Waals surface area (Å²) in [4.78, 5) is 23.9. The van der Waals surface area contributed by atoms with Crippen LogP contribution in [-0.4, -0.2) is 47.6 Å². The van der Waals surface area contributed by atoms with Crippen LogP contribution in [-0.2, 0) is 19.1 Å². The maximum absolute atomic E-state index is 12.0. The highest BCUT2D eigenvalue weighted by atomic mass is 16.6. The Hall–Kier alpha value is -2.44. The first-order valence-electron chi connectivity index (χ1n) is 20.4. The normalized spacial score (nSPS) is 13.4. The molecule has 6 nitrogen and oxygen atoms in total. The molecule has 2 N–H and O–H groups in total. The van der Waals surface area contributed by atoms with Gasteiger partial charge in [0.1, 0.15) is 19.3 Å². The molecule has 0 saturated carbocycles. The molecule has 1 unspecified atom stereocenters. The molecule has 0 aliphatic heterocycles. The van der Waals surface area contributed by atoms with Crippen LogP contribution in [0.2, 0.25) is 0 Å². The van der Waals surface area contributed by atoms with Crippen LogP contribution in [0.3, 0.4) is 0 Å². The summed E-state index contributed by atoms with van der Waals surface area (Å²) in [6.07, 6.45) is 47.7. The van der Waals surface area contributed by atoms with Gasteiger partial charge in [0, 0.05) is 12.8 Å². The Labute approximate surface area is 307 Å². The van der Waals surface area contributed by atoms with Gasteiger partial charge in [-0.05, 0) is 44.9 Å². The van der Waals surface area contributed by atoms with E-state index in [0.717, 1.165) is 44.9 Å². The minimum Gasteiger partial charge on any atom is -0.463 e. The minimum absolute atomic E-state index is 0.144. The van der Waals surface area contributed by atoms with Gasteiger partial charge in [-0.1, -0.05) is 184 Å². The third kappa shape index (κ3) is 38.4. The Morgan fingerprint density at radius 3 is 1.48 bits per heavy atom. The fourth-order valence-electron chi connectivity index (χ4n) is 5.50. The molecular formula is C44H76O6. The van der Waals surface area contributed by atoms with Gasteiger partial charge in [-0.3, -0.25) is 9.59 Å². The van der Waals surface area contributed by atoms with Crippen molar-refractivity contribution in [3.8, 4) is 0 Å². The number of esters is 2. The second kappa shape index (κ2) is 39.3. The number of hydrogen-bond acceptors (Lipinski definition) is 6. The summed E-state index contributed by atoms with van der Waals surface area (Å²) in [6, 6.07) is 0. The van der Waals surface area contributed by atoms with Crippen LogP contribution in [0, 0.1) is 0 Å². The van der Waals surface area contributed by atoms with E-state index in [1.54, 1.807) is 0 Å². The van der Waals surface area contributed by atoms with Gasteiger partial charge in [0.2, 0.25) is 0 Å². The van der Waals surface area contributed by atoms with E-state index in [-0.39, 0.29) is 31.6 Å². The number of aliphatic hydroxyl groups excluding tert-OH is 2. The van der Waals surface area contributed by atoms with E-state index in [2.05, 4.69) is 37.3 Å². The predicted octanol–water partition coefficient (Wildman–Crippen LogP) is 11.8. The highest BCUT2D eigenvalue weighted by Gasteiger charge is 2.12. The molecular weight excluding hydrogens is 624 g/mol. The molecule has 2 atom stereocenters. The van der Waals surface area contributed by atoms with Crippen LogP contribution in [0.4, 0.5) is 0 Å². The van der Waals surface area contributed by atoms with Gasteiger partial charge in [-0.25, -0.2) is 0 Å². The number of unbranched alkanes of at least 4 members (excludes halogenated alkanes) is 18. The molecule has 0 saturated heterocycles. The molecule has 0 aromatic rings. The van der Waals surface area contributed by atoms with E-state index in [1.165, 1.54) is 96.3 Å². The standard InChI is InChI=1S/C44H76O6/c1-3-5-7-8-9-10-11-12-13-14-15-16-17-21-24-27-30-33-37-43(47)49-39-42(46)40-50-44(48)38-34-31-28-25-22-19-18-20-23-26-29-32-36-41(45)35-6-4-2/h6,18-19,23,25-26,28-29,32,35,41-42,45-46H,3-5,7-17,20-22,24,27,30-31,33-34,36-40H2,1-2H3/b19-18-,26-23-,28-25-,32-29+,35-6-/t41?,42-/m1/s1. The van der Waals surface area contributed by atoms with E-state index in [0.29, 0.717) is 19.3 Å².